The molecule has 142 valence electrons. The molecule has 0 bridgehead atoms. The van der Waals surface area contributed by atoms with Gasteiger partial charge in [-0.25, -0.2) is 4.79 Å². The standard InChI is InChI=1S/C19H34N4O2/c20-17-8-4-5-14(17)13-18(24)23-11-9-16(10-12-23)22-19(25)21-15-6-2-1-3-7-15/h14-17H,1-13,20H2,(H2,21,22,25)/t14-,17+/m0/s1. The van der Waals surface area contributed by atoms with Gasteiger partial charge in [0.15, 0.2) is 0 Å². The maximum atomic E-state index is 12.5. The fraction of sp³-hybridized carbons (Fsp3) is 0.895. The Bertz CT molecular complexity index is 456. The topological polar surface area (TPSA) is 87.5 Å². The van der Waals surface area contributed by atoms with Crippen molar-refractivity contribution in [1.82, 2.24) is 15.5 Å². The lowest BCUT2D eigenvalue weighted by molar-refractivity contribution is -0.133. The Kier molecular flexibility index (Phi) is 6.57. The van der Waals surface area contributed by atoms with Gasteiger partial charge in [0.1, 0.15) is 0 Å². The Morgan fingerprint density at radius 1 is 0.840 bits per heavy atom. The van der Waals surface area contributed by atoms with Crippen LogP contribution in [0.15, 0.2) is 0 Å². The van der Waals surface area contributed by atoms with Crippen molar-refractivity contribution < 1.29 is 9.59 Å². The van der Waals surface area contributed by atoms with Crippen molar-refractivity contribution in [3.63, 3.8) is 0 Å². The number of carbonyl (C=O) groups excluding carboxylic acids is 2. The van der Waals surface area contributed by atoms with Gasteiger partial charge in [0, 0.05) is 37.6 Å². The van der Waals surface area contributed by atoms with Crippen LogP contribution in [0.2, 0.25) is 0 Å². The molecular formula is C19H34N4O2. The molecule has 1 saturated heterocycles. The molecule has 3 aliphatic rings. The highest BCUT2D eigenvalue weighted by Crippen LogP contribution is 2.28. The van der Waals surface area contributed by atoms with Gasteiger partial charge >= 0.3 is 6.03 Å². The van der Waals surface area contributed by atoms with Gasteiger partial charge in [-0.2, -0.15) is 0 Å². The second-order valence-corrected chi connectivity index (χ2v) is 8.17. The maximum absolute atomic E-state index is 12.5. The molecule has 4 N–H and O–H groups in total. The Labute approximate surface area is 151 Å². The molecule has 2 saturated carbocycles. The second-order valence-electron chi connectivity index (χ2n) is 8.17. The van der Waals surface area contributed by atoms with Crippen LogP contribution in [0.1, 0.15) is 70.6 Å². The van der Waals surface area contributed by atoms with Crippen molar-refractivity contribution >= 4 is 11.9 Å². The van der Waals surface area contributed by atoms with Crippen molar-refractivity contribution in [2.75, 3.05) is 13.1 Å². The largest absolute Gasteiger partial charge is 0.343 e. The number of nitrogens with one attached hydrogen (secondary N) is 2. The second kappa shape index (κ2) is 8.88. The molecule has 2 atom stereocenters. The van der Waals surface area contributed by atoms with E-state index in [0.717, 1.165) is 58.0 Å². The van der Waals surface area contributed by atoms with E-state index in [1.165, 1.54) is 19.3 Å². The molecule has 0 aromatic carbocycles. The minimum atomic E-state index is -0.0337. The summed E-state index contributed by atoms with van der Waals surface area (Å²) in [6.45, 7) is 1.49. The third-order valence-electron chi connectivity index (χ3n) is 6.28. The molecule has 2 aliphatic carbocycles. The van der Waals surface area contributed by atoms with Crippen molar-refractivity contribution in [3.05, 3.63) is 0 Å². The summed E-state index contributed by atoms with van der Waals surface area (Å²) < 4.78 is 0. The number of amides is 3. The molecule has 0 aromatic rings. The molecule has 6 heteroatoms. The fourth-order valence-corrected chi connectivity index (χ4v) is 4.60. The van der Waals surface area contributed by atoms with E-state index in [-0.39, 0.29) is 24.0 Å². The first kappa shape index (κ1) is 18.5. The van der Waals surface area contributed by atoms with Crippen LogP contribution < -0.4 is 16.4 Å². The monoisotopic (exact) mass is 350 g/mol. The first-order valence-electron chi connectivity index (χ1n) is 10.2. The SMILES string of the molecule is N[C@@H]1CCC[C@H]1CC(=O)N1CCC(NC(=O)NC2CCCCC2)CC1. The van der Waals surface area contributed by atoms with E-state index in [2.05, 4.69) is 10.6 Å². The zero-order valence-electron chi connectivity index (χ0n) is 15.3. The Morgan fingerprint density at radius 2 is 1.48 bits per heavy atom. The molecule has 1 aliphatic heterocycles. The zero-order valence-corrected chi connectivity index (χ0v) is 15.3. The number of likely N-dealkylation sites (tertiary alicyclic amines) is 1. The van der Waals surface area contributed by atoms with E-state index in [4.69, 9.17) is 5.73 Å². The number of rotatable bonds is 4. The Hall–Kier alpha value is -1.30. The first-order valence-corrected chi connectivity index (χ1v) is 10.2. The highest BCUT2D eigenvalue weighted by Gasteiger charge is 2.30. The number of nitrogens with zero attached hydrogens (tertiary/aromatic N) is 1. The van der Waals surface area contributed by atoms with E-state index in [9.17, 15) is 9.59 Å². The van der Waals surface area contributed by atoms with Crippen molar-refractivity contribution in [2.45, 2.75) is 88.8 Å². The van der Waals surface area contributed by atoms with E-state index >= 15 is 0 Å². The van der Waals surface area contributed by atoms with Gasteiger partial charge in [-0.1, -0.05) is 25.7 Å². The Morgan fingerprint density at radius 3 is 2.08 bits per heavy atom. The first-order chi connectivity index (χ1) is 12.1. The number of nitrogens with two attached hydrogens (primary N) is 1. The normalized spacial score (nSPS) is 28.8. The smallest absolute Gasteiger partial charge is 0.315 e. The number of hydrogen-bond donors (Lipinski definition) is 3. The fourth-order valence-electron chi connectivity index (χ4n) is 4.60. The summed E-state index contributed by atoms with van der Waals surface area (Å²) in [6.07, 6.45) is 11.5. The van der Waals surface area contributed by atoms with E-state index in [0.29, 0.717) is 18.4 Å². The molecule has 3 amide bonds. The van der Waals surface area contributed by atoms with E-state index in [1.54, 1.807) is 0 Å². The van der Waals surface area contributed by atoms with Gasteiger partial charge < -0.3 is 21.3 Å². The average Bonchev–Trinajstić information content (AvgIpc) is 3.01. The third-order valence-corrected chi connectivity index (χ3v) is 6.28. The van der Waals surface area contributed by atoms with Gasteiger partial charge in [-0.15, -0.1) is 0 Å². The third kappa shape index (κ3) is 5.33. The number of hydrogen-bond acceptors (Lipinski definition) is 3. The summed E-state index contributed by atoms with van der Waals surface area (Å²) in [5.74, 6) is 0.608. The highest BCUT2D eigenvalue weighted by atomic mass is 16.2. The highest BCUT2D eigenvalue weighted by molar-refractivity contribution is 5.77. The molecule has 1 heterocycles. The molecule has 25 heavy (non-hydrogen) atoms. The van der Waals surface area contributed by atoms with Crippen LogP contribution in [0.25, 0.3) is 0 Å². The average molecular weight is 351 g/mol. The van der Waals surface area contributed by atoms with E-state index < -0.39 is 0 Å². The molecule has 3 fully saturated rings. The van der Waals surface area contributed by atoms with Gasteiger partial charge in [0.2, 0.25) is 5.91 Å². The van der Waals surface area contributed by atoms with E-state index in [1.807, 2.05) is 4.90 Å². The van der Waals surface area contributed by atoms with Crippen LogP contribution >= 0.6 is 0 Å². The van der Waals surface area contributed by atoms with Crippen LogP contribution in [0, 0.1) is 5.92 Å². The predicted octanol–water partition coefficient (Wildman–Crippen LogP) is 2.13. The van der Waals surface area contributed by atoms with Crippen LogP contribution in [0.5, 0.6) is 0 Å². The van der Waals surface area contributed by atoms with Crippen LogP contribution in [0.3, 0.4) is 0 Å². The van der Waals surface area contributed by atoms with Gasteiger partial charge in [-0.3, -0.25) is 4.79 Å². The van der Waals surface area contributed by atoms with Crippen LogP contribution in [-0.4, -0.2) is 48.1 Å². The maximum Gasteiger partial charge on any atom is 0.315 e. The molecule has 0 spiro atoms. The summed E-state index contributed by atoms with van der Waals surface area (Å²) in [7, 11) is 0. The summed E-state index contributed by atoms with van der Waals surface area (Å²) in [5.41, 5.74) is 6.09. The lowest BCUT2D eigenvalue weighted by Crippen LogP contribution is -2.51. The molecule has 0 radical (unpaired) electrons. The van der Waals surface area contributed by atoms with Crippen molar-refractivity contribution in [1.29, 1.82) is 0 Å². The summed E-state index contributed by atoms with van der Waals surface area (Å²) in [4.78, 5) is 26.6. The van der Waals surface area contributed by atoms with Crippen molar-refractivity contribution in [2.24, 2.45) is 11.7 Å². The van der Waals surface area contributed by atoms with Gasteiger partial charge in [0.05, 0.1) is 0 Å². The molecule has 0 aromatic heterocycles. The Balaban J connectivity index is 1.35. The molecule has 6 nitrogen and oxygen atoms in total. The minimum Gasteiger partial charge on any atom is -0.343 e. The van der Waals surface area contributed by atoms with Gasteiger partial charge in [-0.05, 0) is 44.4 Å². The summed E-state index contributed by atoms with van der Waals surface area (Å²) in [5, 5.41) is 6.21. The van der Waals surface area contributed by atoms with Crippen LogP contribution in [-0.2, 0) is 4.79 Å². The van der Waals surface area contributed by atoms with Crippen LogP contribution in [0.4, 0.5) is 4.79 Å². The van der Waals surface area contributed by atoms with Crippen molar-refractivity contribution in [3.8, 4) is 0 Å². The summed E-state index contributed by atoms with van der Waals surface area (Å²) >= 11 is 0. The molecule has 0 unspecified atom stereocenters. The molecule has 3 rings (SSSR count). The number of piperidine rings is 1. The molecular weight excluding hydrogens is 316 g/mol. The lowest BCUT2D eigenvalue weighted by Gasteiger charge is -2.34. The minimum absolute atomic E-state index is 0.0337. The quantitative estimate of drug-likeness (QED) is 0.726. The zero-order chi connectivity index (χ0) is 17.6. The van der Waals surface area contributed by atoms with Gasteiger partial charge in [0.25, 0.3) is 0 Å². The number of urea groups is 1. The number of carbonyl (C=O) groups is 2. The lowest BCUT2D eigenvalue weighted by atomic mass is 9.96. The predicted molar refractivity (Wildman–Crippen MR) is 98.1 cm³/mol. The summed E-state index contributed by atoms with van der Waals surface area (Å²) in [6, 6.07) is 0.688.